The van der Waals surface area contributed by atoms with Crippen LogP contribution in [0.4, 0.5) is 0 Å². The summed E-state index contributed by atoms with van der Waals surface area (Å²) in [6, 6.07) is 13.3. The predicted molar refractivity (Wildman–Crippen MR) is 102 cm³/mol. The van der Waals surface area contributed by atoms with Crippen LogP contribution >= 0.6 is 0 Å². The van der Waals surface area contributed by atoms with Crippen molar-refractivity contribution in [1.82, 2.24) is 4.72 Å². The standard InChI is InChI=1S/C20H23NO5S/c1-4-16-7-9-17(10-8-16)20(23)15(3)26-19(22)13-21-27(24,25)18-11-5-14(2)6-12-18/h5-12,15,21H,4,13H2,1-3H3/t15-/m0/s1. The van der Waals surface area contributed by atoms with Crippen molar-refractivity contribution in [2.45, 2.75) is 38.2 Å². The Morgan fingerprint density at radius 3 is 2.19 bits per heavy atom. The van der Waals surface area contributed by atoms with Gasteiger partial charge in [-0.25, -0.2) is 8.42 Å². The van der Waals surface area contributed by atoms with Gasteiger partial charge in [-0.05, 0) is 38.0 Å². The first-order chi connectivity index (χ1) is 12.7. The van der Waals surface area contributed by atoms with Crippen molar-refractivity contribution in [3.8, 4) is 0 Å². The molecule has 27 heavy (non-hydrogen) atoms. The third-order valence-corrected chi connectivity index (χ3v) is 5.48. The highest BCUT2D eigenvalue weighted by Gasteiger charge is 2.21. The molecule has 0 aliphatic heterocycles. The Hall–Kier alpha value is -2.51. The van der Waals surface area contributed by atoms with Crippen molar-refractivity contribution in [1.29, 1.82) is 0 Å². The minimum absolute atomic E-state index is 0.0565. The summed E-state index contributed by atoms with van der Waals surface area (Å²) >= 11 is 0. The number of carbonyl (C=O) groups excluding carboxylic acids is 2. The molecule has 0 aliphatic rings. The molecule has 0 bridgehead atoms. The van der Waals surface area contributed by atoms with E-state index in [9.17, 15) is 18.0 Å². The molecule has 1 N–H and O–H groups in total. The van der Waals surface area contributed by atoms with Crippen molar-refractivity contribution in [3.05, 3.63) is 65.2 Å². The van der Waals surface area contributed by atoms with Gasteiger partial charge in [0.1, 0.15) is 6.54 Å². The summed E-state index contributed by atoms with van der Waals surface area (Å²) in [4.78, 5) is 24.3. The molecule has 0 spiro atoms. The van der Waals surface area contributed by atoms with Gasteiger partial charge in [0.05, 0.1) is 4.90 Å². The molecular formula is C20H23NO5S. The lowest BCUT2D eigenvalue weighted by molar-refractivity contribution is -0.144. The average Bonchev–Trinajstić information content (AvgIpc) is 2.66. The van der Waals surface area contributed by atoms with E-state index < -0.39 is 28.6 Å². The Morgan fingerprint density at radius 2 is 1.63 bits per heavy atom. The number of hydrogen-bond donors (Lipinski definition) is 1. The number of esters is 1. The van der Waals surface area contributed by atoms with Gasteiger partial charge in [-0.3, -0.25) is 9.59 Å². The Morgan fingerprint density at radius 1 is 1.04 bits per heavy atom. The summed E-state index contributed by atoms with van der Waals surface area (Å²) in [5.41, 5.74) is 2.46. The molecule has 2 rings (SSSR count). The van der Waals surface area contributed by atoms with Gasteiger partial charge in [-0.15, -0.1) is 0 Å². The van der Waals surface area contributed by atoms with Gasteiger partial charge < -0.3 is 4.74 Å². The molecule has 0 unspecified atom stereocenters. The van der Waals surface area contributed by atoms with Crippen LogP contribution in [0.5, 0.6) is 0 Å². The molecule has 7 heteroatoms. The van der Waals surface area contributed by atoms with E-state index in [-0.39, 0.29) is 10.7 Å². The fraction of sp³-hybridized carbons (Fsp3) is 0.300. The highest BCUT2D eigenvalue weighted by molar-refractivity contribution is 7.89. The third-order valence-electron chi connectivity index (χ3n) is 4.06. The molecule has 0 aliphatic carbocycles. The number of hydrogen-bond acceptors (Lipinski definition) is 5. The molecular weight excluding hydrogens is 366 g/mol. The van der Waals surface area contributed by atoms with Crippen LogP contribution in [0.2, 0.25) is 0 Å². The van der Waals surface area contributed by atoms with E-state index >= 15 is 0 Å². The van der Waals surface area contributed by atoms with E-state index in [2.05, 4.69) is 4.72 Å². The SMILES string of the molecule is CCc1ccc(C(=O)[C@H](C)OC(=O)CNS(=O)(=O)c2ccc(C)cc2)cc1. The number of sulfonamides is 1. The van der Waals surface area contributed by atoms with Crippen LogP contribution in [0.15, 0.2) is 53.4 Å². The molecule has 0 fully saturated rings. The number of carbonyl (C=O) groups is 2. The van der Waals surface area contributed by atoms with Crippen LogP contribution in [0.1, 0.15) is 35.3 Å². The lowest BCUT2D eigenvalue weighted by atomic mass is 10.0. The first-order valence-electron chi connectivity index (χ1n) is 8.62. The number of nitrogens with one attached hydrogen (secondary N) is 1. The second-order valence-corrected chi connectivity index (χ2v) is 7.95. The summed E-state index contributed by atoms with van der Waals surface area (Å²) in [5, 5.41) is 0. The molecule has 2 aromatic rings. The lowest BCUT2D eigenvalue weighted by Gasteiger charge is -2.13. The van der Waals surface area contributed by atoms with Crippen molar-refractivity contribution >= 4 is 21.8 Å². The largest absolute Gasteiger partial charge is 0.453 e. The zero-order valence-electron chi connectivity index (χ0n) is 15.6. The molecule has 1 atom stereocenters. The van der Waals surface area contributed by atoms with Gasteiger partial charge in [-0.2, -0.15) is 4.72 Å². The summed E-state index contributed by atoms with van der Waals surface area (Å²) in [5.74, 6) is -1.16. The molecule has 0 aromatic heterocycles. The number of ketones is 1. The second kappa shape index (κ2) is 8.92. The van der Waals surface area contributed by atoms with Crippen molar-refractivity contribution in [2.24, 2.45) is 0 Å². The Balaban J connectivity index is 1.92. The molecule has 0 radical (unpaired) electrons. The van der Waals surface area contributed by atoms with E-state index in [0.29, 0.717) is 5.56 Å². The van der Waals surface area contributed by atoms with Crippen LogP contribution < -0.4 is 4.72 Å². The van der Waals surface area contributed by atoms with Gasteiger partial charge in [0.15, 0.2) is 6.10 Å². The summed E-state index contributed by atoms with van der Waals surface area (Å²) in [7, 11) is -3.82. The number of Topliss-reactive ketones (excluding diaryl/α,β-unsaturated/α-hetero) is 1. The zero-order chi connectivity index (χ0) is 20.0. The van der Waals surface area contributed by atoms with Crippen molar-refractivity contribution in [2.75, 3.05) is 6.54 Å². The Bertz CT molecular complexity index is 902. The maximum absolute atomic E-state index is 12.3. The molecule has 0 saturated carbocycles. The van der Waals surface area contributed by atoms with Crippen molar-refractivity contribution in [3.63, 3.8) is 0 Å². The van der Waals surface area contributed by atoms with Crippen LogP contribution in [0.25, 0.3) is 0 Å². The Labute approximate surface area is 159 Å². The van der Waals surface area contributed by atoms with Gasteiger partial charge in [-0.1, -0.05) is 48.9 Å². The molecule has 2 aromatic carbocycles. The topological polar surface area (TPSA) is 89.5 Å². The fourth-order valence-electron chi connectivity index (χ4n) is 2.39. The fourth-order valence-corrected chi connectivity index (χ4v) is 3.36. The average molecular weight is 389 g/mol. The summed E-state index contributed by atoms with van der Waals surface area (Å²) < 4.78 is 31.6. The highest BCUT2D eigenvalue weighted by atomic mass is 32.2. The van der Waals surface area contributed by atoms with E-state index in [1.54, 1.807) is 24.3 Å². The molecule has 0 saturated heterocycles. The first kappa shape index (κ1) is 20.8. The monoisotopic (exact) mass is 389 g/mol. The molecule has 0 heterocycles. The minimum atomic E-state index is -3.82. The van der Waals surface area contributed by atoms with E-state index in [4.69, 9.17) is 4.74 Å². The molecule has 144 valence electrons. The van der Waals surface area contributed by atoms with Crippen LogP contribution in [0.3, 0.4) is 0 Å². The van der Waals surface area contributed by atoms with Gasteiger partial charge in [0.25, 0.3) is 0 Å². The van der Waals surface area contributed by atoms with Crippen LogP contribution in [-0.2, 0) is 26.0 Å². The molecule has 0 amide bonds. The van der Waals surface area contributed by atoms with Crippen LogP contribution in [0, 0.1) is 6.92 Å². The lowest BCUT2D eigenvalue weighted by Crippen LogP contribution is -2.34. The van der Waals surface area contributed by atoms with E-state index in [0.717, 1.165) is 17.5 Å². The highest BCUT2D eigenvalue weighted by Crippen LogP contribution is 2.11. The van der Waals surface area contributed by atoms with Gasteiger partial charge in [0.2, 0.25) is 15.8 Å². The quantitative estimate of drug-likeness (QED) is 0.554. The van der Waals surface area contributed by atoms with E-state index in [1.807, 2.05) is 26.0 Å². The van der Waals surface area contributed by atoms with Crippen molar-refractivity contribution < 1.29 is 22.7 Å². The maximum Gasteiger partial charge on any atom is 0.321 e. The summed E-state index contributed by atoms with van der Waals surface area (Å²) in [6.45, 7) is 4.76. The van der Waals surface area contributed by atoms with E-state index in [1.165, 1.54) is 19.1 Å². The third kappa shape index (κ3) is 5.74. The maximum atomic E-state index is 12.3. The van der Waals surface area contributed by atoms with Gasteiger partial charge >= 0.3 is 5.97 Å². The Kier molecular flexibility index (Phi) is 6.87. The van der Waals surface area contributed by atoms with Gasteiger partial charge in [0, 0.05) is 5.56 Å². The number of ether oxygens (including phenoxy) is 1. The zero-order valence-corrected chi connectivity index (χ0v) is 16.4. The second-order valence-electron chi connectivity index (χ2n) is 6.18. The number of aryl methyl sites for hydroxylation is 2. The van der Waals surface area contributed by atoms with Crippen LogP contribution in [-0.4, -0.2) is 32.8 Å². The number of rotatable bonds is 8. The minimum Gasteiger partial charge on any atom is -0.453 e. The normalized spacial score (nSPS) is 12.4. The first-order valence-corrected chi connectivity index (χ1v) is 10.1. The smallest absolute Gasteiger partial charge is 0.321 e. The number of benzene rings is 2. The molecule has 6 nitrogen and oxygen atoms in total. The predicted octanol–water partition coefficient (Wildman–Crippen LogP) is 2.65. The summed E-state index contributed by atoms with van der Waals surface area (Å²) in [6.07, 6.45) is -0.144.